The second-order valence-corrected chi connectivity index (χ2v) is 5.11. The number of rotatable bonds is 4. The molecule has 2 heterocycles. The molecular formula is C16H20N2O. The highest BCUT2D eigenvalue weighted by Gasteiger charge is 2.26. The fourth-order valence-corrected chi connectivity index (χ4v) is 2.88. The Labute approximate surface area is 114 Å². The van der Waals surface area contributed by atoms with Crippen molar-refractivity contribution in [2.24, 2.45) is 5.92 Å². The molecule has 0 amide bonds. The van der Waals surface area contributed by atoms with Crippen LogP contribution in [0.2, 0.25) is 0 Å². The average Bonchev–Trinajstić information content (AvgIpc) is 2.98. The summed E-state index contributed by atoms with van der Waals surface area (Å²) in [4.78, 5) is 4.38. The van der Waals surface area contributed by atoms with Crippen molar-refractivity contribution in [1.29, 1.82) is 0 Å². The molecule has 0 saturated carbocycles. The Morgan fingerprint density at radius 2 is 2.37 bits per heavy atom. The molecule has 2 unspecified atom stereocenters. The molecule has 3 rings (SSSR count). The molecule has 0 spiro atoms. The molecule has 19 heavy (non-hydrogen) atoms. The van der Waals surface area contributed by atoms with Crippen LogP contribution in [0, 0.1) is 5.92 Å². The summed E-state index contributed by atoms with van der Waals surface area (Å²) in [7, 11) is 0. The highest BCUT2D eigenvalue weighted by Crippen LogP contribution is 2.30. The zero-order valence-electron chi connectivity index (χ0n) is 11.3. The molecule has 1 N–H and O–H groups in total. The highest BCUT2D eigenvalue weighted by atomic mass is 16.5. The van der Waals surface area contributed by atoms with E-state index in [4.69, 9.17) is 4.74 Å². The second kappa shape index (κ2) is 5.68. The number of nitrogens with zero attached hydrogens (tertiary/aromatic N) is 1. The normalized spacial score (nSPS) is 20.8. The molecule has 3 heteroatoms. The van der Waals surface area contributed by atoms with E-state index >= 15 is 0 Å². The molecular weight excluding hydrogens is 236 g/mol. The van der Waals surface area contributed by atoms with E-state index < -0.39 is 0 Å². The van der Waals surface area contributed by atoms with Gasteiger partial charge in [0.1, 0.15) is 0 Å². The fourth-order valence-electron chi connectivity index (χ4n) is 2.88. The lowest BCUT2D eigenvalue weighted by molar-refractivity contribution is 0.177. The fraction of sp³-hybridized carbons (Fsp3) is 0.438. The predicted molar refractivity (Wildman–Crippen MR) is 77.1 cm³/mol. The Hall–Kier alpha value is -1.45. The van der Waals surface area contributed by atoms with Gasteiger partial charge in [-0.25, -0.2) is 0 Å². The second-order valence-electron chi connectivity index (χ2n) is 5.11. The Morgan fingerprint density at radius 3 is 3.16 bits per heavy atom. The van der Waals surface area contributed by atoms with Gasteiger partial charge in [-0.1, -0.05) is 19.1 Å². The maximum atomic E-state index is 5.54. The number of hydrogen-bond donors (Lipinski definition) is 1. The van der Waals surface area contributed by atoms with Crippen LogP contribution in [0.3, 0.4) is 0 Å². The third-order valence-electron chi connectivity index (χ3n) is 3.85. The summed E-state index contributed by atoms with van der Waals surface area (Å²) < 4.78 is 5.54. The van der Waals surface area contributed by atoms with Gasteiger partial charge in [0, 0.05) is 30.1 Å². The van der Waals surface area contributed by atoms with Crippen LogP contribution in [-0.4, -0.2) is 24.7 Å². The van der Waals surface area contributed by atoms with Gasteiger partial charge in [-0.05, 0) is 36.7 Å². The first-order valence-corrected chi connectivity index (χ1v) is 7.04. The first-order valence-electron chi connectivity index (χ1n) is 7.04. The molecule has 1 aromatic heterocycles. The third kappa shape index (κ3) is 2.62. The first kappa shape index (κ1) is 12.6. The van der Waals surface area contributed by atoms with Crippen LogP contribution in [0.1, 0.15) is 24.9 Å². The lowest BCUT2D eigenvalue weighted by Gasteiger charge is -2.24. The predicted octanol–water partition coefficient (Wildman–Crippen LogP) is 2.92. The molecule has 2 atom stereocenters. The van der Waals surface area contributed by atoms with E-state index in [1.54, 1.807) is 0 Å². The molecule has 3 nitrogen and oxygen atoms in total. The maximum Gasteiger partial charge on any atom is 0.0702 e. The van der Waals surface area contributed by atoms with Crippen molar-refractivity contribution in [2.75, 3.05) is 19.8 Å². The summed E-state index contributed by atoms with van der Waals surface area (Å²) in [6.45, 7) is 4.89. The van der Waals surface area contributed by atoms with Crippen molar-refractivity contribution in [3.05, 3.63) is 42.1 Å². The standard InChI is InChI=1S/C16H20N2O/c1-2-17-16(14-7-9-19-11-14)13-5-6-15-12(10-13)4-3-8-18-15/h3-6,8,10,14,16-17H,2,7,9,11H2,1H3. The number of ether oxygens (including phenoxy) is 1. The van der Waals surface area contributed by atoms with Crippen molar-refractivity contribution in [2.45, 2.75) is 19.4 Å². The van der Waals surface area contributed by atoms with Gasteiger partial charge >= 0.3 is 0 Å². The van der Waals surface area contributed by atoms with Crippen molar-refractivity contribution in [3.63, 3.8) is 0 Å². The summed E-state index contributed by atoms with van der Waals surface area (Å²) in [6.07, 6.45) is 2.98. The summed E-state index contributed by atoms with van der Waals surface area (Å²) in [5.74, 6) is 0.578. The van der Waals surface area contributed by atoms with Crippen LogP contribution in [-0.2, 0) is 4.74 Å². The molecule has 0 bridgehead atoms. The zero-order valence-corrected chi connectivity index (χ0v) is 11.3. The summed E-state index contributed by atoms with van der Waals surface area (Å²) >= 11 is 0. The van der Waals surface area contributed by atoms with Gasteiger partial charge < -0.3 is 10.1 Å². The molecule has 2 aromatic rings. The van der Waals surface area contributed by atoms with Crippen molar-refractivity contribution in [1.82, 2.24) is 10.3 Å². The van der Waals surface area contributed by atoms with E-state index in [9.17, 15) is 0 Å². The topological polar surface area (TPSA) is 34.2 Å². The minimum absolute atomic E-state index is 0.386. The van der Waals surface area contributed by atoms with Crippen molar-refractivity contribution >= 4 is 10.9 Å². The summed E-state index contributed by atoms with van der Waals surface area (Å²) in [6, 6.07) is 11.1. The van der Waals surface area contributed by atoms with Gasteiger partial charge in [0.2, 0.25) is 0 Å². The number of benzene rings is 1. The van der Waals surface area contributed by atoms with E-state index in [1.165, 1.54) is 10.9 Å². The molecule has 1 aliphatic heterocycles. The number of fused-ring (bicyclic) bond motifs is 1. The third-order valence-corrected chi connectivity index (χ3v) is 3.85. The van der Waals surface area contributed by atoms with Gasteiger partial charge in [-0.15, -0.1) is 0 Å². The van der Waals surface area contributed by atoms with Crippen LogP contribution < -0.4 is 5.32 Å². The highest BCUT2D eigenvalue weighted by molar-refractivity contribution is 5.79. The molecule has 100 valence electrons. The van der Waals surface area contributed by atoms with Crippen LogP contribution in [0.5, 0.6) is 0 Å². The molecule has 1 aliphatic rings. The summed E-state index contributed by atoms with van der Waals surface area (Å²) in [5, 5.41) is 4.82. The Balaban J connectivity index is 1.94. The van der Waals surface area contributed by atoms with Gasteiger partial charge in [0.25, 0.3) is 0 Å². The van der Waals surface area contributed by atoms with E-state index in [0.29, 0.717) is 12.0 Å². The molecule has 1 saturated heterocycles. The van der Waals surface area contributed by atoms with Gasteiger partial charge in [-0.3, -0.25) is 4.98 Å². The maximum absolute atomic E-state index is 5.54. The van der Waals surface area contributed by atoms with E-state index in [1.807, 2.05) is 12.3 Å². The van der Waals surface area contributed by atoms with E-state index in [0.717, 1.165) is 31.7 Å². The lowest BCUT2D eigenvalue weighted by Crippen LogP contribution is -2.28. The monoisotopic (exact) mass is 256 g/mol. The molecule has 0 aliphatic carbocycles. The minimum atomic E-state index is 0.386. The van der Waals surface area contributed by atoms with Crippen molar-refractivity contribution < 1.29 is 4.74 Å². The number of nitrogens with one attached hydrogen (secondary N) is 1. The van der Waals surface area contributed by atoms with Gasteiger partial charge in [0.15, 0.2) is 0 Å². The SMILES string of the molecule is CCNC(c1ccc2ncccc2c1)C1CCOC1. The first-order chi connectivity index (χ1) is 9.38. The van der Waals surface area contributed by atoms with Gasteiger partial charge in [-0.2, -0.15) is 0 Å². The van der Waals surface area contributed by atoms with E-state index in [-0.39, 0.29) is 0 Å². The van der Waals surface area contributed by atoms with Crippen LogP contribution in [0.4, 0.5) is 0 Å². The number of aromatic nitrogens is 1. The summed E-state index contributed by atoms with van der Waals surface area (Å²) in [5.41, 5.74) is 2.40. The molecule has 0 radical (unpaired) electrons. The smallest absolute Gasteiger partial charge is 0.0702 e. The zero-order chi connectivity index (χ0) is 13.1. The Kier molecular flexibility index (Phi) is 3.76. The van der Waals surface area contributed by atoms with Crippen LogP contribution in [0.25, 0.3) is 10.9 Å². The largest absolute Gasteiger partial charge is 0.381 e. The van der Waals surface area contributed by atoms with Gasteiger partial charge in [0.05, 0.1) is 12.1 Å². The quantitative estimate of drug-likeness (QED) is 0.913. The van der Waals surface area contributed by atoms with Crippen LogP contribution >= 0.6 is 0 Å². The average molecular weight is 256 g/mol. The minimum Gasteiger partial charge on any atom is -0.381 e. The number of pyridine rings is 1. The Morgan fingerprint density at radius 1 is 1.42 bits per heavy atom. The Bertz CT molecular complexity index is 549. The van der Waals surface area contributed by atoms with Crippen LogP contribution in [0.15, 0.2) is 36.5 Å². The van der Waals surface area contributed by atoms with Crippen molar-refractivity contribution in [3.8, 4) is 0 Å². The van der Waals surface area contributed by atoms with E-state index in [2.05, 4.69) is 41.5 Å². The number of hydrogen-bond acceptors (Lipinski definition) is 3. The molecule has 1 aromatic carbocycles. The lowest BCUT2D eigenvalue weighted by atomic mass is 9.91. The molecule has 1 fully saturated rings.